The first-order valence-electron chi connectivity index (χ1n) is 2.96. The first-order valence-corrected chi connectivity index (χ1v) is 2.96. The van der Waals surface area contributed by atoms with Crippen LogP contribution in [0.5, 0.6) is 0 Å². The molecule has 0 aliphatic rings. The summed E-state index contributed by atoms with van der Waals surface area (Å²) in [7, 11) is 1.34. The fourth-order valence-electron chi connectivity index (χ4n) is 0.583. The number of carbonyl (C=O) groups excluding carboxylic acids is 1. The van der Waals surface area contributed by atoms with Crippen molar-refractivity contribution in [1.82, 2.24) is 20.7 Å². The van der Waals surface area contributed by atoms with E-state index >= 15 is 0 Å². The maximum atomic E-state index is 10.9. The van der Waals surface area contributed by atoms with Gasteiger partial charge in [-0.05, 0) is 6.92 Å². The first kappa shape index (κ1) is 7.67. The van der Waals surface area contributed by atoms with Gasteiger partial charge in [-0.3, -0.25) is 14.7 Å². The van der Waals surface area contributed by atoms with Gasteiger partial charge in [-0.1, -0.05) is 0 Å². The maximum Gasteiger partial charge on any atom is 0.314 e. The third kappa shape index (κ3) is 1.74. The summed E-state index contributed by atoms with van der Waals surface area (Å²) >= 11 is 0. The molecule has 0 atom stereocenters. The predicted octanol–water partition coefficient (Wildman–Crippen LogP) is -0.596. The van der Waals surface area contributed by atoms with Crippen LogP contribution in [0.1, 0.15) is 16.4 Å². The van der Waals surface area contributed by atoms with E-state index < -0.39 is 5.91 Å². The van der Waals surface area contributed by atoms with Crippen molar-refractivity contribution in [1.29, 1.82) is 0 Å². The molecule has 1 amide bonds. The van der Waals surface area contributed by atoms with Crippen molar-refractivity contribution in [2.75, 3.05) is 7.11 Å². The number of hydrogen-bond donors (Lipinski definition) is 2. The molecule has 0 saturated heterocycles. The lowest BCUT2D eigenvalue weighted by Gasteiger charge is -1.94. The summed E-state index contributed by atoms with van der Waals surface area (Å²) in [5.74, 6) is 0.201. The molecule has 0 bridgehead atoms. The van der Waals surface area contributed by atoms with Crippen molar-refractivity contribution in [3.8, 4) is 0 Å². The van der Waals surface area contributed by atoms with Crippen LogP contribution in [0.2, 0.25) is 0 Å². The molecule has 0 fully saturated rings. The molecule has 0 radical (unpaired) electrons. The quantitative estimate of drug-likeness (QED) is 0.560. The molecule has 0 aromatic carbocycles. The molecule has 6 nitrogen and oxygen atoms in total. The molecule has 6 heteroatoms. The number of aromatic nitrogens is 3. The monoisotopic (exact) mass is 156 g/mol. The zero-order valence-corrected chi connectivity index (χ0v) is 6.21. The third-order valence-corrected chi connectivity index (χ3v) is 0.995. The highest BCUT2D eigenvalue weighted by Gasteiger charge is 2.09. The second-order valence-electron chi connectivity index (χ2n) is 1.88. The highest BCUT2D eigenvalue weighted by atomic mass is 16.6. The topological polar surface area (TPSA) is 79.9 Å². The number of rotatable bonds is 2. The molecular weight excluding hydrogens is 148 g/mol. The predicted molar refractivity (Wildman–Crippen MR) is 35.6 cm³/mol. The molecule has 1 aromatic heterocycles. The molecular formula is C5H8N4O2. The lowest BCUT2D eigenvalue weighted by molar-refractivity contribution is 0.0527. The number of carbonyl (C=O) groups is 1. The molecule has 0 spiro atoms. The summed E-state index contributed by atoms with van der Waals surface area (Å²) in [5.41, 5.74) is 2.09. The minimum Gasteiger partial charge on any atom is -0.277 e. The van der Waals surface area contributed by atoms with E-state index in [9.17, 15) is 4.79 Å². The Kier molecular flexibility index (Phi) is 2.17. The molecule has 1 rings (SSSR count). The van der Waals surface area contributed by atoms with Gasteiger partial charge in [0.25, 0.3) is 0 Å². The highest BCUT2D eigenvalue weighted by molar-refractivity contribution is 5.89. The maximum absolute atomic E-state index is 10.9. The van der Waals surface area contributed by atoms with Crippen molar-refractivity contribution in [3.63, 3.8) is 0 Å². The second-order valence-corrected chi connectivity index (χ2v) is 1.88. The Hall–Kier alpha value is -1.43. The Balaban J connectivity index is 2.69. The van der Waals surface area contributed by atoms with Gasteiger partial charge in [0, 0.05) is 0 Å². The van der Waals surface area contributed by atoms with Crippen molar-refractivity contribution in [3.05, 3.63) is 11.6 Å². The zero-order valence-electron chi connectivity index (χ0n) is 6.21. The molecule has 11 heavy (non-hydrogen) atoms. The Labute approximate surface area is 62.9 Å². The van der Waals surface area contributed by atoms with Crippen LogP contribution in [-0.2, 0) is 4.84 Å². The van der Waals surface area contributed by atoms with Crippen LogP contribution in [0.4, 0.5) is 0 Å². The van der Waals surface area contributed by atoms with Crippen LogP contribution in [0.25, 0.3) is 0 Å². The molecule has 0 aliphatic heterocycles. The standard InChI is InChI=1S/C5H8N4O2/c1-3-6-4(8-7-3)5(10)9-11-2/h1-2H3,(H,9,10)(H,6,7,8). The lowest BCUT2D eigenvalue weighted by atomic mass is 10.6. The van der Waals surface area contributed by atoms with Crippen molar-refractivity contribution >= 4 is 5.91 Å². The number of hydrogen-bond acceptors (Lipinski definition) is 4. The van der Waals surface area contributed by atoms with E-state index in [1.807, 2.05) is 0 Å². The Morgan fingerprint density at radius 2 is 2.45 bits per heavy atom. The fourth-order valence-corrected chi connectivity index (χ4v) is 0.583. The van der Waals surface area contributed by atoms with Crippen molar-refractivity contribution < 1.29 is 9.63 Å². The Bertz CT molecular complexity index is 257. The van der Waals surface area contributed by atoms with Crippen molar-refractivity contribution in [2.24, 2.45) is 0 Å². The van der Waals surface area contributed by atoms with Gasteiger partial charge in [0.05, 0.1) is 7.11 Å². The van der Waals surface area contributed by atoms with E-state index in [1.54, 1.807) is 6.92 Å². The van der Waals surface area contributed by atoms with Crippen LogP contribution in [0.3, 0.4) is 0 Å². The largest absolute Gasteiger partial charge is 0.314 e. The number of aryl methyl sites for hydroxylation is 1. The molecule has 0 unspecified atom stereocenters. The van der Waals surface area contributed by atoms with E-state index in [-0.39, 0.29) is 5.82 Å². The van der Waals surface area contributed by atoms with Crippen LogP contribution >= 0.6 is 0 Å². The molecule has 1 heterocycles. The van der Waals surface area contributed by atoms with E-state index in [4.69, 9.17) is 0 Å². The molecule has 2 N–H and O–H groups in total. The van der Waals surface area contributed by atoms with Gasteiger partial charge in [0.15, 0.2) is 0 Å². The first-order chi connectivity index (χ1) is 5.24. The van der Waals surface area contributed by atoms with Gasteiger partial charge in [-0.2, -0.15) is 0 Å². The smallest absolute Gasteiger partial charge is 0.277 e. The molecule has 60 valence electrons. The van der Waals surface area contributed by atoms with E-state index in [1.165, 1.54) is 7.11 Å². The summed E-state index contributed by atoms with van der Waals surface area (Å²) in [6.07, 6.45) is 0. The van der Waals surface area contributed by atoms with Crippen LogP contribution in [0, 0.1) is 6.92 Å². The van der Waals surface area contributed by atoms with E-state index in [2.05, 4.69) is 25.5 Å². The normalized spacial score (nSPS) is 9.64. The van der Waals surface area contributed by atoms with E-state index in [0.29, 0.717) is 5.82 Å². The number of H-pyrrole nitrogens is 1. The van der Waals surface area contributed by atoms with Gasteiger partial charge in [-0.15, -0.1) is 5.10 Å². The number of nitrogens with zero attached hydrogens (tertiary/aromatic N) is 2. The third-order valence-electron chi connectivity index (χ3n) is 0.995. The van der Waals surface area contributed by atoms with Gasteiger partial charge < -0.3 is 0 Å². The summed E-state index contributed by atoms with van der Waals surface area (Å²) in [6.45, 7) is 1.70. The van der Waals surface area contributed by atoms with Gasteiger partial charge in [-0.25, -0.2) is 10.5 Å². The molecule has 0 aliphatic carbocycles. The summed E-state index contributed by atoms with van der Waals surface area (Å²) in [5, 5.41) is 6.14. The van der Waals surface area contributed by atoms with Crippen LogP contribution in [0.15, 0.2) is 0 Å². The van der Waals surface area contributed by atoms with Gasteiger partial charge in [0.2, 0.25) is 5.82 Å². The number of aromatic amines is 1. The number of hydroxylamine groups is 1. The average molecular weight is 156 g/mol. The summed E-state index contributed by atoms with van der Waals surface area (Å²) < 4.78 is 0. The summed E-state index contributed by atoms with van der Waals surface area (Å²) in [6, 6.07) is 0. The molecule has 0 saturated carbocycles. The Morgan fingerprint density at radius 3 is 2.91 bits per heavy atom. The summed E-state index contributed by atoms with van der Waals surface area (Å²) in [4.78, 5) is 19.0. The fraction of sp³-hybridized carbons (Fsp3) is 0.400. The van der Waals surface area contributed by atoms with E-state index in [0.717, 1.165) is 0 Å². The minimum absolute atomic E-state index is 0.0735. The van der Waals surface area contributed by atoms with Crippen molar-refractivity contribution in [2.45, 2.75) is 6.92 Å². The highest BCUT2D eigenvalue weighted by Crippen LogP contribution is 1.89. The number of amides is 1. The SMILES string of the molecule is CONC(=O)c1n[nH]c(C)n1. The van der Waals surface area contributed by atoms with Crippen LogP contribution < -0.4 is 5.48 Å². The van der Waals surface area contributed by atoms with Crippen LogP contribution in [-0.4, -0.2) is 28.2 Å². The Morgan fingerprint density at radius 1 is 1.73 bits per heavy atom. The van der Waals surface area contributed by atoms with Gasteiger partial charge in [0.1, 0.15) is 5.82 Å². The second kappa shape index (κ2) is 3.11. The number of nitrogens with one attached hydrogen (secondary N) is 2. The molecule has 1 aromatic rings. The average Bonchev–Trinajstić information content (AvgIpc) is 2.36. The lowest BCUT2D eigenvalue weighted by Crippen LogP contribution is -2.23. The zero-order chi connectivity index (χ0) is 8.27. The van der Waals surface area contributed by atoms with Gasteiger partial charge >= 0.3 is 5.91 Å². The minimum atomic E-state index is -0.461.